The lowest BCUT2D eigenvalue weighted by atomic mass is 9.76. The molecule has 4 nitrogen and oxygen atoms in total. The van der Waals surface area contributed by atoms with Gasteiger partial charge in [0.05, 0.1) is 0 Å². The van der Waals surface area contributed by atoms with E-state index in [4.69, 9.17) is 5.84 Å². The van der Waals surface area contributed by atoms with Crippen LogP contribution in [0.25, 0.3) is 0 Å². The first-order valence-corrected chi connectivity index (χ1v) is 8.46. The highest BCUT2D eigenvalue weighted by molar-refractivity contribution is 7.90. The van der Waals surface area contributed by atoms with Gasteiger partial charge in [0.1, 0.15) is 9.84 Å². The van der Waals surface area contributed by atoms with Gasteiger partial charge in [0.25, 0.3) is 0 Å². The minimum Gasteiger partial charge on any atom is -0.271 e. The van der Waals surface area contributed by atoms with E-state index in [0.717, 1.165) is 6.42 Å². The number of hydrogen-bond acceptors (Lipinski definition) is 4. The van der Waals surface area contributed by atoms with Crippen molar-refractivity contribution in [3.8, 4) is 0 Å². The fourth-order valence-corrected chi connectivity index (χ4v) is 3.76. The minimum atomic E-state index is -2.85. The molecule has 2 atom stereocenters. The second-order valence-corrected chi connectivity index (χ2v) is 8.29. The van der Waals surface area contributed by atoms with Gasteiger partial charge in [-0.15, -0.1) is 0 Å². The van der Waals surface area contributed by atoms with E-state index >= 15 is 0 Å². The molecule has 1 aliphatic rings. The third kappa shape index (κ3) is 4.56. The zero-order valence-electron chi connectivity index (χ0n) is 11.2. The molecular weight excluding hydrogens is 236 g/mol. The van der Waals surface area contributed by atoms with Crippen LogP contribution in [0.3, 0.4) is 0 Å². The molecule has 0 heterocycles. The van der Waals surface area contributed by atoms with Gasteiger partial charge in [-0.1, -0.05) is 20.3 Å². The molecule has 17 heavy (non-hydrogen) atoms. The van der Waals surface area contributed by atoms with Crippen LogP contribution in [0.2, 0.25) is 0 Å². The van der Waals surface area contributed by atoms with Gasteiger partial charge >= 0.3 is 0 Å². The molecule has 5 heteroatoms. The summed E-state index contributed by atoms with van der Waals surface area (Å²) in [6.45, 7) is 4.57. The number of hydrazine groups is 1. The van der Waals surface area contributed by atoms with Crippen molar-refractivity contribution in [2.75, 3.05) is 12.0 Å². The maximum absolute atomic E-state index is 11.1. The Morgan fingerprint density at radius 2 is 2.12 bits per heavy atom. The zero-order chi connectivity index (χ0) is 13.1. The highest BCUT2D eigenvalue weighted by Crippen LogP contribution is 2.44. The normalized spacial score (nSPS) is 26.0. The Balaban J connectivity index is 2.49. The maximum Gasteiger partial charge on any atom is 0.147 e. The van der Waals surface area contributed by atoms with Gasteiger partial charge in [-0.25, -0.2) is 8.42 Å². The van der Waals surface area contributed by atoms with Gasteiger partial charge in [-0.3, -0.25) is 11.3 Å². The summed E-state index contributed by atoms with van der Waals surface area (Å²) in [4.78, 5) is 0. The Morgan fingerprint density at radius 3 is 2.53 bits per heavy atom. The Morgan fingerprint density at radius 1 is 1.47 bits per heavy atom. The first-order valence-electron chi connectivity index (χ1n) is 6.40. The predicted molar refractivity (Wildman–Crippen MR) is 71.2 cm³/mol. The summed E-state index contributed by atoms with van der Waals surface area (Å²) in [7, 11) is -2.85. The Kier molecular flexibility index (Phi) is 4.98. The van der Waals surface area contributed by atoms with E-state index in [9.17, 15) is 8.42 Å². The van der Waals surface area contributed by atoms with Gasteiger partial charge in [0.2, 0.25) is 0 Å². The molecule has 0 radical (unpaired) electrons. The van der Waals surface area contributed by atoms with Gasteiger partial charge in [0, 0.05) is 18.1 Å². The fraction of sp³-hybridized carbons (Fsp3) is 1.00. The van der Waals surface area contributed by atoms with Crippen LogP contribution < -0.4 is 11.3 Å². The van der Waals surface area contributed by atoms with Gasteiger partial charge in [-0.2, -0.15) is 0 Å². The summed E-state index contributed by atoms with van der Waals surface area (Å²) in [5, 5.41) is 0. The average Bonchev–Trinajstić information content (AvgIpc) is 2.51. The molecule has 0 saturated heterocycles. The summed E-state index contributed by atoms with van der Waals surface area (Å²) in [6.07, 6.45) is 6.51. The second-order valence-electron chi connectivity index (χ2n) is 6.03. The Labute approximate surface area is 105 Å². The lowest BCUT2D eigenvalue weighted by Crippen LogP contribution is -2.44. The van der Waals surface area contributed by atoms with E-state index in [1.807, 2.05) is 0 Å². The van der Waals surface area contributed by atoms with Crippen molar-refractivity contribution in [2.24, 2.45) is 17.2 Å². The van der Waals surface area contributed by atoms with Crippen molar-refractivity contribution < 1.29 is 8.42 Å². The standard InChI is InChI=1S/C12H26N2O2S/c1-12(2)8-4-6-10(12)11(14-13)7-5-9-17(3,15)16/h10-11,14H,4-9,13H2,1-3H3. The SMILES string of the molecule is CC1(C)CCCC1C(CCCS(C)(=O)=O)NN. The van der Waals surface area contributed by atoms with E-state index in [1.165, 1.54) is 25.5 Å². The van der Waals surface area contributed by atoms with Gasteiger partial charge in [0.15, 0.2) is 0 Å². The maximum atomic E-state index is 11.1. The van der Waals surface area contributed by atoms with Crippen molar-refractivity contribution in [3.05, 3.63) is 0 Å². The zero-order valence-corrected chi connectivity index (χ0v) is 12.0. The summed E-state index contributed by atoms with van der Waals surface area (Å²) < 4.78 is 22.2. The summed E-state index contributed by atoms with van der Waals surface area (Å²) in [5.41, 5.74) is 3.21. The van der Waals surface area contributed by atoms with Crippen LogP contribution in [-0.4, -0.2) is 26.5 Å². The van der Waals surface area contributed by atoms with Crippen LogP contribution in [0.4, 0.5) is 0 Å². The summed E-state index contributed by atoms with van der Waals surface area (Å²) >= 11 is 0. The number of nitrogens with one attached hydrogen (secondary N) is 1. The van der Waals surface area contributed by atoms with Crippen molar-refractivity contribution >= 4 is 9.84 Å². The van der Waals surface area contributed by atoms with Crippen molar-refractivity contribution in [1.82, 2.24) is 5.43 Å². The molecule has 1 saturated carbocycles. The molecule has 0 aliphatic heterocycles. The molecule has 0 amide bonds. The first kappa shape index (κ1) is 14.9. The third-order valence-electron chi connectivity index (χ3n) is 4.07. The highest BCUT2D eigenvalue weighted by atomic mass is 32.2. The third-order valence-corrected chi connectivity index (χ3v) is 5.10. The van der Waals surface area contributed by atoms with E-state index in [2.05, 4.69) is 19.3 Å². The second kappa shape index (κ2) is 5.67. The van der Waals surface area contributed by atoms with Crippen LogP contribution in [0.1, 0.15) is 46.0 Å². The number of hydrogen-bond donors (Lipinski definition) is 2. The van der Waals surface area contributed by atoms with E-state index < -0.39 is 9.84 Å². The van der Waals surface area contributed by atoms with Gasteiger partial charge < -0.3 is 0 Å². The molecule has 2 unspecified atom stereocenters. The average molecular weight is 262 g/mol. The van der Waals surface area contributed by atoms with Crippen LogP contribution in [0.5, 0.6) is 0 Å². The van der Waals surface area contributed by atoms with Crippen LogP contribution >= 0.6 is 0 Å². The van der Waals surface area contributed by atoms with Crippen molar-refractivity contribution in [1.29, 1.82) is 0 Å². The molecule has 1 aliphatic carbocycles. The van der Waals surface area contributed by atoms with Crippen molar-refractivity contribution in [3.63, 3.8) is 0 Å². The van der Waals surface area contributed by atoms with Gasteiger partial charge in [-0.05, 0) is 37.0 Å². The minimum absolute atomic E-state index is 0.245. The molecule has 0 spiro atoms. The van der Waals surface area contributed by atoms with E-state index in [-0.39, 0.29) is 11.8 Å². The predicted octanol–water partition coefficient (Wildman–Crippen LogP) is 1.47. The van der Waals surface area contributed by atoms with Crippen molar-refractivity contribution in [2.45, 2.75) is 52.0 Å². The Hall–Kier alpha value is -0.130. The van der Waals surface area contributed by atoms with E-state index in [0.29, 0.717) is 17.8 Å². The smallest absolute Gasteiger partial charge is 0.147 e. The number of rotatable bonds is 6. The molecule has 0 aromatic carbocycles. The highest BCUT2D eigenvalue weighted by Gasteiger charge is 2.38. The molecule has 0 aromatic rings. The summed E-state index contributed by atoms with van der Waals surface area (Å²) in [5.74, 6) is 6.45. The van der Waals surface area contributed by atoms with Crippen LogP contribution in [0.15, 0.2) is 0 Å². The molecule has 0 aromatic heterocycles. The van der Waals surface area contributed by atoms with E-state index in [1.54, 1.807) is 0 Å². The largest absolute Gasteiger partial charge is 0.271 e. The molecule has 0 bridgehead atoms. The van der Waals surface area contributed by atoms with Crippen LogP contribution in [0, 0.1) is 11.3 Å². The fourth-order valence-electron chi connectivity index (χ4n) is 3.07. The quantitative estimate of drug-likeness (QED) is 0.561. The monoisotopic (exact) mass is 262 g/mol. The lowest BCUT2D eigenvalue weighted by molar-refractivity contribution is 0.189. The topological polar surface area (TPSA) is 72.2 Å². The molecular formula is C12H26N2O2S. The number of nitrogens with two attached hydrogens (primary N) is 1. The molecule has 102 valence electrons. The first-order chi connectivity index (χ1) is 7.76. The van der Waals surface area contributed by atoms with Crippen LogP contribution in [-0.2, 0) is 9.84 Å². The number of sulfone groups is 1. The molecule has 1 fully saturated rings. The lowest BCUT2D eigenvalue weighted by Gasteiger charge is -2.33. The molecule has 3 N–H and O–H groups in total. The Bertz CT molecular complexity index is 338. The molecule has 1 rings (SSSR count). The summed E-state index contributed by atoms with van der Waals surface area (Å²) in [6, 6.07) is 0.245.